The molecule has 0 saturated heterocycles. The summed E-state index contributed by atoms with van der Waals surface area (Å²) in [6.45, 7) is 5.01. The van der Waals surface area contributed by atoms with Gasteiger partial charge in [-0.1, -0.05) is 38.0 Å². The van der Waals surface area contributed by atoms with Crippen LogP contribution >= 0.6 is 0 Å². The predicted octanol–water partition coefficient (Wildman–Crippen LogP) is 4.19. The Morgan fingerprint density at radius 2 is 1.90 bits per heavy atom. The minimum Gasteiger partial charge on any atom is -0.372 e. The molecule has 0 amide bonds. The molecule has 1 N–H and O–H groups in total. The molecule has 2 fully saturated rings. The van der Waals surface area contributed by atoms with E-state index < -0.39 is 0 Å². The van der Waals surface area contributed by atoms with Gasteiger partial charge in [-0.3, -0.25) is 0 Å². The smallest absolute Gasteiger partial charge is 0.0725 e. The molecule has 21 heavy (non-hydrogen) atoms. The highest BCUT2D eigenvalue weighted by atomic mass is 16.5. The number of rotatable bonds is 5. The molecule has 3 aliphatic rings. The van der Waals surface area contributed by atoms with Gasteiger partial charge in [0.2, 0.25) is 0 Å². The average Bonchev–Trinajstić information content (AvgIpc) is 3.04. The van der Waals surface area contributed by atoms with Gasteiger partial charge in [0.25, 0.3) is 0 Å². The number of hydrogen-bond donors (Lipinski definition) is 1. The minimum absolute atomic E-state index is 0.573. The summed E-state index contributed by atoms with van der Waals surface area (Å²) in [7, 11) is 0. The molecule has 2 heteroatoms. The Labute approximate surface area is 128 Å². The van der Waals surface area contributed by atoms with E-state index in [0.717, 1.165) is 37.5 Å². The van der Waals surface area contributed by atoms with Crippen LogP contribution in [0.4, 0.5) is 0 Å². The molecule has 0 bridgehead atoms. The molecule has 2 nitrogen and oxygen atoms in total. The number of ether oxygens (including phenoxy) is 1. The van der Waals surface area contributed by atoms with Crippen molar-refractivity contribution in [3.8, 4) is 0 Å². The normalized spacial score (nSPS) is 31.6. The van der Waals surface area contributed by atoms with Gasteiger partial charge in [-0.15, -0.1) is 0 Å². The van der Waals surface area contributed by atoms with Crippen LogP contribution < -0.4 is 5.32 Å². The van der Waals surface area contributed by atoms with Gasteiger partial charge >= 0.3 is 0 Å². The van der Waals surface area contributed by atoms with Crippen LogP contribution in [0.15, 0.2) is 18.2 Å². The van der Waals surface area contributed by atoms with Gasteiger partial charge in [0, 0.05) is 6.04 Å². The third-order valence-electron chi connectivity index (χ3n) is 5.83. The van der Waals surface area contributed by atoms with Crippen molar-refractivity contribution in [3.63, 3.8) is 0 Å². The molecule has 3 atom stereocenters. The third kappa shape index (κ3) is 2.53. The van der Waals surface area contributed by atoms with Crippen LogP contribution in [-0.2, 0) is 18.0 Å². The van der Waals surface area contributed by atoms with Crippen LogP contribution in [-0.4, -0.2) is 6.54 Å². The van der Waals surface area contributed by atoms with Crippen molar-refractivity contribution in [2.24, 2.45) is 17.8 Å². The molecule has 0 aromatic heterocycles. The predicted molar refractivity (Wildman–Crippen MR) is 84.9 cm³/mol. The highest BCUT2D eigenvalue weighted by Gasteiger charge is 2.54. The van der Waals surface area contributed by atoms with Gasteiger partial charge in [-0.25, -0.2) is 0 Å². The van der Waals surface area contributed by atoms with E-state index in [2.05, 4.69) is 30.4 Å². The second-order valence-electron chi connectivity index (χ2n) is 7.14. The van der Waals surface area contributed by atoms with Crippen molar-refractivity contribution in [2.75, 3.05) is 6.54 Å². The van der Waals surface area contributed by atoms with Gasteiger partial charge < -0.3 is 10.1 Å². The van der Waals surface area contributed by atoms with E-state index in [-0.39, 0.29) is 0 Å². The standard InChI is InChI=1S/C19H27NO/c1-2-9-20-19(18-16-5-3-4-6-17(16)18)13-7-8-14-11-21-12-15(14)10-13/h7-8,10,16-20H,2-6,9,11-12H2,1H3. The van der Waals surface area contributed by atoms with E-state index in [4.69, 9.17) is 4.74 Å². The Hall–Kier alpha value is -0.860. The highest BCUT2D eigenvalue weighted by molar-refractivity contribution is 5.35. The van der Waals surface area contributed by atoms with Crippen LogP contribution in [0.5, 0.6) is 0 Å². The van der Waals surface area contributed by atoms with Crippen molar-refractivity contribution in [3.05, 3.63) is 34.9 Å². The molecule has 1 aromatic carbocycles. The van der Waals surface area contributed by atoms with E-state index in [1.54, 1.807) is 0 Å². The molecule has 4 rings (SSSR count). The van der Waals surface area contributed by atoms with Gasteiger partial charge in [0.15, 0.2) is 0 Å². The third-order valence-corrected chi connectivity index (χ3v) is 5.83. The maximum atomic E-state index is 5.58. The fourth-order valence-electron chi connectivity index (χ4n) is 4.70. The van der Waals surface area contributed by atoms with E-state index in [1.165, 1.54) is 48.8 Å². The van der Waals surface area contributed by atoms with Crippen molar-refractivity contribution in [2.45, 2.75) is 58.3 Å². The van der Waals surface area contributed by atoms with E-state index in [9.17, 15) is 0 Å². The molecule has 2 aliphatic carbocycles. The zero-order valence-corrected chi connectivity index (χ0v) is 13.1. The van der Waals surface area contributed by atoms with Crippen molar-refractivity contribution >= 4 is 0 Å². The van der Waals surface area contributed by atoms with E-state index in [1.807, 2.05) is 0 Å². The molecule has 1 aromatic rings. The summed E-state index contributed by atoms with van der Waals surface area (Å²) in [6, 6.07) is 7.64. The summed E-state index contributed by atoms with van der Waals surface area (Å²) in [5, 5.41) is 3.85. The van der Waals surface area contributed by atoms with Crippen LogP contribution in [0.25, 0.3) is 0 Å². The highest BCUT2D eigenvalue weighted by Crippen LogP contribution is 2.60. The van der Waals surface area contributed by atoms with Crippen molar-refractivity contribution < 1.29 is 4.74 Å². The summed E-state index contributed by atoms with van der Waals surface area (Å²) < 4.78 is 5.58. The first kappa shape index (κ1) is 13.8. The fourth-order valence-corrected chi connectivity index (χ4v) is 4.70. The summed E-state index contributed by atoms with van der Waals surface area (Å²) in [5.41, 5.74) is 4.31. The van der Waals surface area contributed by atoms with Crippen LogP contribution in [0.2, 0.25) is 0 Å². The first-order valence-electron chi connectivity index (χ1n) is 8.81. The van der Waals surface area contributed by atoms with E-state index >= 15 is 0 Å². The lowest BCUT2D eigenvalue weighted by Gasteiger charge is -2.20. The number of hydrogen-bond acceptors (Lipinski definition) is 2. The molecule has 0 radical (unpaired) electrons. The molecule has 1 aliphatic heterocycles. The largest absolute Gasteiger partial charge is 0.372 e. The molecule has 1 heterocycles. The number of nitrogens with one attached hydrogen (secondary N) is 1. The molecular weight excluding hydrogens is 258 g/mol. The second kappa shape index (κ2) is 5.73. The topological polar surface area (TPSA) is 21.3 Å². The first-order valence-corrected chi connectivity index (χ1v) is 8.81. The maximum Gasteiger partial charge on any atom is 0.0725 e. The van der Waals surface area contributed by atoms with Crippen LogP contribution in [0.1, 0.15) is 61.8 Å². The molecule has 114 valence electrons. The lowest BCUT2D eigenvalue weighted by Crippen LogP contribution is -2.25. The summed E-state index contributed by atoms with van der Waals surface area (Å²) in [5.74, 6) is 2.88. The first-order chi connectivity index (χ1) is 10.4. The molecule has 2 saturated carbocycles. The van der Waals surface area contributed by atoms with E-state index in [0.29, 0.717) is 6.04 Å². The second-order valence-corrected chi connectivity index (χ2v) is 7.14. The Morgan fingerprint density at radius 3 is 2.67 bits per heavy atom. The summed E-state index contributed by atoms with van der Waals surface area (Å²) >= 11 is 0. The zero-order chi connectivity index (χ0) is 14.2. The Bertz CT molecular complexity index is 500. The molecule has 3 unspecified atom stereocenters. The number of benzene rings is 1. The van der Waals surface area contributed by atoms with Gasteiger partial charge in [-0.05, 0) is 60.3 Å². The fraction of sp³-hybridized carbons (Fsp3) is 0.684. The van der Waals surface area contributed by atoms with Gasteiger partial charge in [0.05, 0.1) is 13.2 Å². The Balaban J connectivity index is 1.57. The summed E-state index contributed by atoms with van der Waals surface area (Å²) in [4.78, 5) is 0. The van der Waals surface area contributed by atoms with Crippen molar-refractivity contribution in [1.29, 1.82) is 0 Å². The summed E-state index contributed by atoms with van der Waals surface area (Å²) in [6.07, 6.45) is 7.06. The monoisotopic (exact) mass is 285 g/mol. The van der Waals surface area contributed by atoms with Crippen molar-refractivity contribution in [1.82, 2.24) is 5.32 Å². The lowest BCUT2D eigenvalue weighted by atomic mass is 9.96. The molecule has 0 spiro atoms. The SMILES string of the molecule is CCCNC(c1ccc2c(c1)COC2)C1C2CCCCC21. The maximum absolute atomic E-state index is 5.58. The molecular formula is C19H27NO. The zero-order valence-electron chi connectivity index (χ0n) is 13.1. The minimum atomic E-state index is 0.573. The van der Waals surface area contributed by atoms with Crippen LogP contribution in [0.3, 0.4) is 0 Å². The number of fused-ring (bicyclic) bond motifs is 2. The quantitative estimate of drug-likeness (QED) is 0.875. The van der Waals surface area contributed by atoms with Gasteiger partial charge in [-0.2, -0.15) is 0 Å². The lowest BCUT2D eigenvalue weighted by molar-refractivity contribution is 0.134. The Kier molecular flexibility index (Phi) is 3.76. The average molecular weight is 285 g/mol. The van der Waals surface area contributed by atoms with Gasteiger partial charge in [0.1, 0.15) is 0 Å². The van der Waals surface area contributed by atoms with Crippen LogP contribution in [0, 0.1) is 17.8 Å². The Morgan fingerprint density at radius 1 is 1.14 bits per heavy atom.